The zero-order valence-corrected chi connectivity index (χ0v) is 16.2. The molecular weight excluding hydrogens is 346 g/mol. The Morgan fingerprint density at radius 1 is 1.12 bits per heavy atom. The molecule has 0 saturated heterocycles. The molecule has 0 aliphatic rings. The van der Waals surface area contributed by atoms with Crippen molar-refractivity contribution >= 4 is 17.7 Å². The normalized spacial score (nSPS) is 12.2. The number of aliphatic hydroxyl groups excluding tert-OH is 1. The van der Waals surface area contributed by atoms with E-state index in [1.54, 1.807) is 0 Å². The van der Waals surface area contributed by atoms with E-state index in [0.29, 0.717) is 24.7 Å². The summed E-state index contributed by atoms with van der Waals surface area (Å²) in [6.45, 7) is 5.09. The first-order chi connectivity index (χ1) is 12.5. The Labute approximate surface area is 160 Å². The summed E-state index contributed by atoms with van der Waals surface area (Å²) in [6.07, 6.45) is -0.353. The number of ether oxygens (including phenoxy) is 1. The molecule has 0 aliphatic heterocycles. The monoisotopic (exact) mass is 373 g/mol. The fourth-order valence-corrected chi connectivity index (χ4v) is 3.20. The molecule has 1 unspecified atom stereocenters. The molecule has 2 aromatic carbocycles. The van der Waals surface area contributed by atoms with Gasteiger partial charge in [-0.1, -0.05) is 54.6 Å². The van der Waals surface area contributed by atoms with Crippen LogP contribution in [0.2, 0.25) is 0 Å². The fraction of sp³-hybridized carbons (Fsp3) is 0.381. The highest BCUT2D eigenvalue weighted by atomic mass is 32.2. The van der Waals surface area contributed by atoms with Gasteiger partial charge < -0.3 is 15.2 Å². The van der Waals surface area contributed by atoms with Crippen LogP contribution in [0.25, 0.3) is 0 Å². The van der Waals surface area contributed by atoms with Crippen LogP contribution in [0, 0.1) is 0 Å². The highest BCUT2D eigenvalue weighted by Gasteiger charge is 2.09. The number of hydrogen-bond donors (Lipinski definition) is 2. The Morgan fingerprint density at radius 3 is 2.58 bits per heavy atom. The second kappa shape index (κ2) is 11.0. The predicted molar refractivity (Wildman–Crippen MR) is 107 cm³/mol. The molecule has 2 rings (SSSR count). The summed E-state index contributed by atoms with van der Waals surface area (Å²) in [5.74, 6) is 0.804. The maximum absolute atomic E-state index is 12.0. The number of hydrogen-bond acceptors (Lipinski definition) is 4. The van der Waals surface area contributed by atoms with E-state index in [1.807, 2.05) is 62.4 Å². The highest BCUT2D eigenvalue weighted by Crippen LogP contribution is 2.17. The first-order valence-corrected chi connectivity index (χ1v) is 9.97. The minimum absolute atomic E-state index is 0.0286. The molecule has 1 atom stereocenters. The van der Waals surface area contributed by atoms with Gasteiger partial charge in [0.1, 0.15) is 0 Å². The van der Waals surface area contributed by atoms with Crippen LogP contribution in [-0.4, -0.2) is 28.6 Å². The highest BCUT2D eigenvalue weighted by molar-refractivity contribution is 7.99. The van der Waals surface area contributed by atoms with Crippen molar-refractivity contribution in [1.82, 2.24) is 5.32 Å². The van der Waals surface area contributed by atoms with E-state index in [9.17, 15) is 9.90 Å². The molecule has 140 valence electrons. The zero-order chi connectivity index (χ0) is 18.8. The Morgan fingerprint density at radius 2 is 1.85 bits per heavy atom. The molecule has 0 bridgehead atoms. The number of thioether (sulfide) groups is 1. The molecule has 0 radical (unpaired) electrons. The molecule has 0 aliphatic carbocycles. The number of rotatable bonds is 10. The van der Waals surface area contributed by atoms with E-state index in [0.717, 1.165) is 16.7 Å². The minimum atomic E-state index is -0.549. The van der Waals surface area contributed by atoms with Crippen LogP contribution < -0.4 is 5.32 Å². The van der Waals surface area contributed by atoms with Gasteiger partial charge >= 0.3 is 0 Å². The van der Waals surface area contributed by atoms with Crippen LogP contribution in [0.15, 0.2) is 54.6 Å². The lowest BCUT2D eigenvalue weighted by Crippen LogP contribution is -2.25. The topological polar surface area (TPSA) is 58.6 Å². The standard InChI is InChI=1S/C21H27NO3S/c1-16(2)25-13-18-8-6-7-17(11-18)12-22-21(24)15-26-14-20(23)19-9-4-3-5-10-19/h3-11,16,20,23H,12-15H2,1-2H3,(H,22,24). The van der Waals surface area contributed by atoms with Gasteiger partial charge in [0, 0.05) is 12.3 Å². The van der Waals surface area contributed by atoms with Gasteiger partial charge in [0.2, 0.25) is 5.91 Å². The molecule has 0 spiro atoms. The maximum atomic E-state index is 12.0. The number of amides is 1. The number of carbonyl (C=O) groups is 1. The van der Waals surface area contributed by atoms with E-state index in [4.69, 9.17) is 4.74 Å². The zero-order valence-electron chi connectivity index (χ0n) is 15.4. The first kappa shape index (κ1) is 20.5. The molecule has 0 saturated carbocycles. The second-order valence-electron chi connectivity index (χ2n) is 6.40. The van der Waals surface area contributed by atoms with E-state index in [1.165, 1.54) is 11.8 Å². The molecule has 26 heavy (non-hydrogen) atoms. The molecular formula is C21H27NO3S. The lowest BCUT2D eigenvalue weighted by atomic mass is 10.1. The summed E-state index contributed by atoms with van der Waals surface area (Å²) in [5.41, 5.74) is 3.03. The van der Waals surface area contributed by atoms with Crippen molar-refractivity contribution in [2.24, 2.45) is 0 Å². The van der Waals surface area contributed by atoms with Crippen molar-refractivity contribution in [3.05, 3.63) is 71.3 Å². The van der Waals surface area contributed by atoms with Crippen LogP contribution in [0.5, 0.6) is 0 Å². The van der Waals surface area contributed by atoms with Gasteiger partial charge in [-0.3, -0.25) is 4.79 Å². The average molecular weight is 374 g/mol. The van der Waals surface area contributed by atoms with Crippen LogP contribution in [0.4, 0.5) is 0 Å². The molecule has 5 heteroatoms. The molecule has 4 nitrogen and oxygen atoms in total. The SMILES string of the molecule is CC(C)OCc1cccc(CNC(=O)CSCC(O)c2ccccc2)c1. The smallest absolute Gasteiger partial charge is 0.230 e. The van der Waals surface area contributed by atoms with Crippen molar-refractivity contribution in [3.8, 4) is 0 Å². The van der Waals surface area contributed by atoms with Crippen molar-refractivity contribution in [3.63, 3.8) is 0 Å². The maximum Gasteiger partial charge on any atom is 0.230 e. The lowest BCUT2D eigenvalue weighted by molar-refractivity contribution is -0.118. The average Bonchev–Trinajstić information content (AvgIpc) is 2.65. The van der Waals surface area contributed by atoms with Gasteiger partial charge in [0.15, 0.2) is 0 Å². The van der Waals surface area contributed by atoms with Crippen LogP contribution >= 0.6 is 11.8 Å². The van der Waals surface area contributed by atoms with Crippen LogP contribution in [0.1, 0.15) is 36.6 Å². The third-order valence-electron chi connectivity index (χ3n) is 3.76. The summed E-state index contributed by atoms with van der Waals surface area (Å²) >= 11 is 1.43. The van der Waals surface area contributed by atoms with E-state index in [-0.39, 0.29) is 12.0 Å². The third kappa shape index (κ3) is 7.60. The molecule has 0 aromatic heterocycles. The number of carbonyl (C=O) groups excluding carboxylic acids is 1. The van der Waals surface area contributed by atoms with E-state index < -0.39 is 6.10 Å². The fourth-order valence-electron chi connectivity index (χ4n) is 2.38. The molecule has 0 heterocycles. The lowest BCUT2D eigenvalue weighted by Gasteiger charge is -2.11. The van der Waals surface area contributed by atoms with Crippen molar-refractivity contribution in [2.75, 3.05) is 11.5 Å². The summed E-state index contributed by atoms with van der Waals surface area (Å²) in [7, 11) is 0. The minimum Gasteiger partial charge on any atom is -0.388 e. The van der Waals surface area contributed by atoms with Crippen molar-refractivity contribution in [2.45, 2.75) is 39.2 Å². The van der Waals surface area contributed by atoms with Gasteiger partial charge in [0.25, 0.3) is 0 Å². The molecule has 1 amide bonds. The van der Waals surface area contributed by atoms with Gasteiger partial charge in [-0.25, -0.2) is 0 Å². The molecule has 0 fully saturated rings. The van der Waals surface area contributed by atoms with Gasteiger partial charge in [-0.15, -0.1) is 11.8 Å². The Balaban J connectivity index is 1.69. The Kier molecular flexibility index (Phi) is 8.68. The first-order valence-electron chi connectivity index (χ1n) is 8.81. The van der Waals surface area contributed by atoms with Crippen molar-refractivity contribution < 1.29 is 14.6 Å². The van der Waals surface area contributed by atoms with Gasteiger partial charge in [-0.2, -0.15) is 0 Å². The quantitative estimate of drug-likeness (QED) is 0.667. The van der Waals surface area contributed by atoms with E-state index in [2.05, 4.69) is 11.4 Å². The number of benzene rings is 2. The van der Waals surface area contributed by atoms with Gasteiger partial charge in [0.05, 0.1) is 24.6 Å². The molecule has 2 aromatic rings. The third-order valence-corrected chi connectivity index (χ3v) is 4.78. The predicted octanol–water partition coefficient (Wildman–Crippen LogP) is 3.69. The van der Waals surface area contributed by atoms with Crippen LogP contribution in [-0.2, 0) is 22.7 Å². The molecule has 2 N–H and O–H groups in total. The number of nitrogens with one attached hydrogen (secondary N) is 1. The van der Waals surface area contributed by atoms with Gasteiger partial charge in [-0.05, 0) is 30.5 Å². The number of aliphatic hydroxyl groups is 1. The summed E-state index contributed by atoms with van der Waals surface area (Å²) in [6, 6.07) is 17.5. The van der Waals surface area contributed by atoms with Crippen LogP contribution in [0.3, 0.4) is 0 Å². The summed E-state index contributed by atoms with van der Waals surface area (Å²) in [4.78, 5) is 12.0. The summed E-state index contributed by atoms with van der Waals surface area (Å²) < 4.78 is 5.61. The Hall–Kier alpha value is -1.82. The van der Waals surface area contributed by atoms with E-state index >= 15 is 0 Å². The Bertz CT molecular complexity index is 676. The van der Waals surface area contributed by atoms with Crippen molar-refractivity contribution in [1.29, 1.82) is 0 Å². The summed E-state index contributed by atoms with van der Waals surface area (Å²) in [5, 5.41) is 13.0. The second-order valence-corrected chi connectivity index (χ2v) is 7.43. The largest absolute Gasteiger partial charge is 0.388 e.